The molecule has 1 N–H and O–H groups in total. The first kappa shape index (κ1) is 21.3. The molecule has 1 amide bonds. The largest absolute Gasteiger partial charge is 0.463 e. The highest BCUT2D eigenvalue weighted by Crippen LogP contribution is 2.40. The van der Waals surface area contributed by atoms with Crippen LogP contribution >= 0.6 is 0 Å². The minimum atomic E-state index is -1.43. The normalized spacial score (nSPS) is 35.5. The second kappa shape index (κ2) is 7.57. The highest BCUT2D eigenvalue weighted by Gasteiger charge is 2.52. The molecule has 0 radical (unpaired) electrons. The van der Waals surface area contributed by atoms with E-state index in [4.69, 9.17) is 33.6 Å². The SMILES string of the molecule is CCC1(ON(C)C(=O)O)OCC2(CO1)COC(CC)(OC(C)(C)C)OC2. The number of nitrogens with zero attached hydrogens (tertiary/aromatic N) is 1. The van der Waals surface area contributed by atoms with Gasteiger partial charge < -0.3 is 28.8 Å². The first-order valence-electron chi connectivity index (χ1n) is 8.90. The molecular formula is C17H31NO8. The maximum absolute atomic E-state index is 11.0. The van der Waals surface area contributed by atoms with Crippen molar-refractivity contribution in [3.8, 4) is 0 Å². The number of hydroxylamine groups is 2. The van der Waals surface area contributed by atoms with Crippen LogP contribution in [0.4, 0.5) is 4.79 Å². The molecule has 0 aliphatic carbocycles. The zero-order chi connectivity index (χ0) is 19.6. The van der Waals surface area contributed by atoms with Crippen molar-refractivity contribution in [3.63, 3.8) is 0 Å². The van der Waals surface area contributed by atoms with Gasteiger partial charge >= 0.3 is 12.1 Å². The summed E-state index contributed by atoms with van der Waals surface area (Å²) in [4.78, 5) is 16.3. The molecule has 1 spiro atoms. The Morgan fingerprint density at radius 2 is 1.42 bits per heavy atom. The summed E-state index contributed by atoms with van der Waals surface area (Å²) in [7, 11) is 1.28. The molecule has 0 unspecified atom stereocenters. The van der Waals surface area contributed by atoms with Crippen LogP contribution in [0, 0.1) is 5.41 Å². The van der Waals surface area contributed by atoms with Gasteiger partial charge in [-0.1, -0.05) is 13.8 Å². The molecule has 0 bridgehead atoms. The molecule has 2 fully saturated rings. The van der Waals surface area contributed by atoms with E-state index >= 15 is 0 Å². The summed E-state index contributed by atoms with van der Waals surface area (Å²) >= 11 is 0. The summed E-state index contributed by atoms with van der Waals surface area (Å²) in [5.74, 6) is -2.51. The Kier molecular flexibility index (Phi) is 6.21. The first-order chi connectivity index (χ1) is 12.0. The van der Waals surface area contributed by atoms with Crippen LogP contribution in [0.15, 0.2) is 0 Å². The van der Waals surface area contributed by atoms with E-state index in [1.54, 1.807) is 6.92 Å². The number of hydrogen-bond acceptors (Lipinski definition) is 7. The van der Waals surface area contributed by atoms with Gasteiger partial charge in [0.25, 0.3) is 5.97 Å². The number of hydrogen-bond donors (Lipinski definition) is 1. The molecule has 2 heterocycles. The fraction of sp³-hybridized carbons (Fsp3) is 0.941. The fourth-order valence-corrected chi connectivity index (χ4v) is 2.76. The van der Waals surface area contributed by atoms with E-state index in [9.17, 15) is 4.79 Å². The Bertz CT molecular complexity index is 485. The van der Waals surface area contributed by atoms with Crippen molar-refractivity contribution in [2.24, 2.45) is 5.41 Å². The Morgan fingerprint density at radius 3 is 1.77 bits per heavy atom. The smallest absolute Gasteiger partial charge is 0.431 e. The third kappa shape index (κ3) is 4.85. The van der Waals surface area contributed by atoms with E-state index in [1.165, 1.54) is 7.05 Å². The number of ether oxygens (including phenoxy) is 5. The Labute approximate surface area is 154 Å². The Hall–Kier alpha value is -0.970. The second-order valence-electron chi connectivity index (χ2n) is 7.81. The number of rotatable bonds is 5. The predicted octanol–water partition coefficient (Wildman–Crippen LogP) is 2.55. The number of carbonyl (C=O) groups is 1. The van der Waals surface area contributed by atoms with Crippen LogP contribution in [0.25, 0.3) is 0 Å². The van der Waals surface area contributed by atoms with Gasteiger partial charge in [-0.2, -0.15) is 5.06 Å². The lowest BCUT2D eigenvalue weighted by atomic mass is 9.90. The lowest BCUT2D eigenvalue weighted by Crippen LogP contribution is -2.61. The number of carboxylic acid groups (broad SMARTS) is 1. The van der Waals surface area contributed by atoms with Gasteiger partial charge in [0, 0.05) is 19.9 Å². The third-order valence-corrected chi connectivity index (χ3v) is 4.27. The summed E-state index contributed by atoms with van der Waals surface area (Å²) in [5.41, 5.74) is -0.906. The van der Waals surface area contributed by atoms with Crippen LogP contribution in [0.3, 0.4) is 0 Å². The minimum absolute atomic E-state index is 0.254. The summed E-state index contributed by atoms with van der Waals surface area (Å²) in [6.07, 6.45) is -0.358. The van der Waals surface area contributed by atoms with Crippen LogP contribution in [0.2, 0.25) is 0 Å². The molecule has 0 aromatic carbocycles. The molecule has 2 saturated heterocycles. The van der Waals surface area contributed by atoms with Crippen LogP contribution in [0.5, 0.6) is 0 Å². The van der Waals surface area contributed by atoms with Crippen LogP contribution in [-0.4, -0.2) is 67.3 Å². The topological polar surface area (TPSA) is 95.9 Å². The molecule has 0 saturated carbocycles. The third-order valence-electron chi connectivity index (χ3n) is 4.27. The average molecular weight is 377 g/mol. The average Bonchev–Trinajstić information content (AvgIpc) is 2.58. The molecule has 2 aliphatic rings. The van der Waals surface area contributed by atoms with Gasteiger partial charge in [-0.05, 0) is 20.8 Å². The van der Waals surface area contributed by atoms with Crippen LogP contribution in [0.1, 0.15) is 47.5 Å². The monoisotopic (exact) mass is 377 g/mol. The zero-order valence-electron chi connectivity index (χ0n) is 16.5. The zero-order valence-corrected chi connectivity index (χ0v) is 16.5. The Balaban J connectivity index is 1.98. The molecule has 2 aliphatic heterocycles. The standard InChI is InChI=1S/C17H31NO8/c1-7-16(25-14(3,4)5)21-9-15(10-22-16)11-23-17(8-2,24-12-15)26-18(6)13(19)20/h7-12H2,1-6H3,(H,19,20). The summed E-state index contributed by atoms with van der Waals surface area (Å²) in [6.45, 7) is 10.8. The van der Waals surface area contributed by atoms with E-state index in [-0.39, 0.29) is 13.2 Å². The highest BCUT2D eigenvalue weighted by molar-refractivity contribution is 5.63. The molecule has 26 heavy (non-hydrogen) atoms. The van der Waals surface area contributed by atoms with Gasteiger partial charge in [-0.15, -0.1) is 0 Å². The van der Waals surface area contributed by atoms with Crippen molar-refractivity contribution in [1.29, 1.82) is 0 Å². The quantitative estimate of drug-likeness (QED) is 0.730. The lowest BCUT2D eigenvalue weighted by Gasteiger charge is -2.50. The van der Waals surface area contributed by atoms with Crippen molar-refractivity contribution >= 4 is 6.09 Å². The van der Waals surface area contributed by atoms with E-state index in [0.29, 0.717) is 31.1 Å². The molecule has 9 nitrogen and oxygen atoms in total. The van der Waals surface area contributed by atoms with Gasteiger partial charge in [-0.3, -0.25) is 0 Å². The molecule has 9 heteroatoms. The lowest BCUT2D eigenvalue weighted by molar-refractivity contribution is -0.492. The van der Waals surface area contributed by atoms with Gasteiger partial charge in [0.05, 0.1) is 37.4 Å². The summed E-state index contributed by atoms with van der Waals surface area (Å²) in [6, 6.07) is 0. The minimum Gasteiger partial charge on any atom is -0.463 e. The molecule has 0 atom stereocenters. The van der Waals surface area contributed by atoms with Crippen molar-refractivity contribution in [1.82, 2.24) is 5.06 Å². The summed E-state index contributed by atoms with van der Waals surface area (Å²) in [5, 5.41) is 9.65. The van der Waals surface area contributed by atoms with Crippen molar-refractivity contribution < 1.29 is 38.4 Å². The maximum Gasteiger partial charge on any atom is 0.431 e. The molecule has 2 rings (SSSR count). The molecule has 0 aromatic rings. The van der Waals surface area contributed by atoms with Crippen molar-refractivity contribution in [2.75, 3.05) is 33.5 Å². The predicted molar refractivity (Wildman–Crippen MR) is 90.0 cm³/mol. The molecular weight excluding hydrogens is 346 g/mol. The second-order valence-corrected chi connectivity index (χ2v) is 7.81. The first-order valence-corrected chi connectivity index (χ1v) is 8.90. The van der Waals surface area contributed by atoms with Gasteiger partial charge in [0.2, 0.25) is 0 Å². The van der Waals surface area contributed by atoms with Gasteiger partial charge in [0.15, 0.2) is 0 Å². The molecule has 152 valence electrons. The van der Waals surface area contributed by atoms with Crippen LogP contribution in [-0.2, 0) is 28.5 Å². The van der Waals surface area contributed by atoms with E-state index < -0.39 is 29.1 Å². The maximum atomic E-state index is 11.0. The highest BCUT2D eigenvalue weighted by atomic mass is 16.9. The van der Waals surface area contributed by atoms with Gasteiger partial charge in [0.1, 0.15) is 0 Å². The van der Waals surface area contributed by atoms with E-state index in [0.717, 1.165) is 0 Å². The number of amides is 1. The Morgan fingerprint density at radius 1 is 1.00 bits per heavy atom. The van der Waals surface area contributed by atoms with Crippen molar-refractivity contribution in [3.05, 3.63) is 0 Å². The van der Waals surface area contributed by atoms with Crippen LogP contribution < -0.4 is 0 Å². The fourth-order valence-electron chi connectivity index (χ4n) is 2.76. The van der Waals surface area contributed by atoms with Gasteiger partial charge in [-0.25, -0.2) is 9.63 Å². The summed E-state index contributed by atoms with van der Waals surface area (Å²) < 4.78 is 29.4. The molecule has 0 aromatic heterocycles. The van der Waals surface area contributed by atoms with E-state index in [1.807, 2.05) is 27.7 Å². The van der Waals surface area contributed by atoms with Crippen molar-refractivity contribution in [2.45, 2.75) is 65.0 Å². The van der Waals surface area contributed by atoms with E-state index in [2.05, 4.69) is 0 Å².